The fourth-order valence-corrected chi connectivity index (χ4v) is 2.25. The molecule has 2 aromatic heterocycles. The number of rotatable bonds is 3. The predicted molar refractivity (Wildman–Crippen MR) is 75.8 cm³/mol. The van der Waals surface area contributed by atoms with Crippen LogP contribution in [0.5, 0.6) is 0 Å². The predicted octanol–water partition coefficient (Wildman–Crippen LogP) is 2.78. The van der Waals surface area contributed by atoms with E-state index in [1.54, 1.807) is 6.20 Å². The van der Waals surface area contributed by atoms with Crippen molar-refractivity contribution in [1.29, 1.82) is 0 Å². The standard InChI is InChI=1S/C14H13ClN4/c15-12-4-3-5-13(8-12)19-14(11(9-16)10-17-19)18-6-1-2-7-18/h1-8,10H,9,16H2. The number of hydrogen-bond acceptors (Lipinski definition) is 2. The first-order chi connectivity index (χ1) is 9.29. The topological polar surface area (TPSA) is 48.8 Å². The Kier molecular flexibility index (Phi) is 3.11. The fraction of sp³-hybridized carbons (Fsp3) is 0.0714. The number of nitrogens with zero attached hydrogens (tertiary/aromatic N) is 3. The van der Waals surface area contributed by atoms with E-state index in [1.165, 1.54) is 0 Å². The molecule has 1 aromatic carbocycles. The molecule has 19 heavy (non-hydrogen) atoms. The number of benzene rings is 1. The van der Waals surface area contributed by atoms with Crippen molar-refractivity contribution >= 4 is 11.6 Å². The highest BCUT2D eigenvalue weighted by molar-refractivity contribution is 6.30. The van der Waals surface area contributed by atoms with Gasteiger partial charge in [0, 0.05) is 29.5 Å². The first-order valence-electron chi connectivity index (χ1n) is 5.96. The van der Waals surface area contributed by atoms with Gasteiger partial charge in [-0.3, -0.25) is 0 Å². The van der Waals surface area contributed by atoms with Crippen molar-refractivity contribution in [2.75, 3.05) is 0 Å². The molecule has 3 aromatic rings. The number of nitrogens with two attached hydrogens (primary N) is 1. The molecule has 0 aliphatic heterocycles. The molecule has 0 aliphatic carbocycles. The van der Waals surface area contributed by atoms with Crippen molar-refractivity contribution in [3.05, 3.63) is 65.6 Å². The fourth-order valence-electron chi connectivity index (χ4n) is 2.07. The van der Waals surface area contributed by atoms with E-state index in [2.05, 4.69) is 5.10 Å². The minimum Gasteiger partial charge on any atom is -0.326 e. The van der Waals surface area contributed by atoms with Crippen molar-refractivity contribution in [2.24, 2.45) is 5.73 Å². The molecular formula is C14H13ClN4. The van der Waals surface area contributed by atoms with Crippen LogP contribution in [0.4, 0.5) is 0 Å². The second-order valence-electron chi connectivity index (χ2n) is 4.18. The van der Waals surface area contributed by atoms with Gasteiger partial charge in [0.1, 0.15) is 5.82 Å². The van der Waals surface area contributed by atoms with Crippen LogP contribution in [-0.2, 0) is 6.54 Å². The molecular weight excluding hydrogens is 260 g/mol. The van der Waals surface area contributed by atoms with E-state index in [4.69, 9.17) is 17.3 Å². The number of halogens is 1. The molecule has 0 fully saturated rings. The summed E-state index contributed by atoms with van der Waals surface area (Å²) >= 11 is 6.04. The lowest BCUT2D eigenvalue weighted by molar-refractivity contribution is 0.818. The lowest BCUT2D eigenvalue weighted by atomic mass is 10.3. The second-order valence-corrected chi connectivity index (χ2v) is 4.62. The molecule has 0 spiro atoms. The Morgan fingerprint density at radius 2 is 1.95 bits per heavy atom. The quantitative estimate of drug-likeness (QED) is 0.797. The Labute approximate surface area is 116 Å². The summed E-state index contributed by atoms with van der Waals surface area (Å²) in [5.41, 5.74) is 7.68. The van der Waals surface area contributed by atoms with Gasteiger partial charge in [-0.05, 0) is 30.3 Å². The van der Waals surface area contributed by atoms with Crippen molar-refractivity contribution in [1.82, 2.24) is 14.3 Å². The highest BCUT2D eigenvalue weighted by Gasteiger charge is 2.12. The summed E-state index contributed by atoms with van der Waals surface area (Å²) in [6, 6.07) is 11.5. The second kappa shape index (κ2) is 4.91. The van der Waals surface area contributed by atoms with Crippen LogP contribution in [0.3, 0.4) is 0 Å². The SMILES string of the molecule is NCc1cnn(-c2cccc(Cl)c2)c1-n1cccc1. The van der Waals surface area contributed by atoms with E-state index >= 15 is 0 Å². The van der Waals surface area contributed by atoms with Crippen LogP contribution in [0.1, 0.15) is 5.56 Å². The van der Waals surface area contributed by atoms with Crippen molar-refractivity contribution in [2.45, 2.75) is 6.54 Å². The third kappa shape index (κ3) is 2.16. The first kappa shape index (κ1) is 12.0. The molecule has 2 heterocycles. The van der Waals surface area contributed by atoms with E-state index in [0.717, 1.165) is 17.1 Å². The van der Waals surface area contributed by atoms with Gasteiger partial charge in [-0.25, -0.2) is 4.68 Å². The van der Waals surface area contributed by atoms with Crippen LogP contribution < -0.4 is 5.73 Å². The summed E-state index contributed by atoms with van der Waals surface area (Å²) in [5.74, 6) is 0.940. The number of aromatic nitrogens is 3. The van der Waals surface area contributed by atoms with Gasteiger partial charge in [0.15, 0.2) is 0 Å². The Morgan fingerprint density at radius 1 is 1.16 bits per heavy atom. The minimum absolute atomic E-state index is 0.439. The summed E-state index contributed by atoms with van der Waals surface area (Å²) in [7, 11) is 0. The molecule has 0 radical (unpaired) electrons. The molecule has 0 unspecified atom stereocenters. The Balaban J connectivity index is 2.20. The van der Waals surface area contributed by atoms with Gasteiger partial charge in [-0.15, -0.1) is 0 Å². The normalized spacial score (nSPS) is 10.8. The summed E-state index contributed by atoms with van der Waals surface area (Å²) in [4.78, 5) is 0. The minimum atomic E-state index is 0.439. The molecule has 0 aliphatic rings. The highest BCUT2D eigenvalue weighted by atomic mass is 35.5. The van der Waals surface area contributed by atoms with E-state index in [1.807, 2.05) is 58.0 Å². The van der Waals surface area contributed by atoms with Gasteiger partial charge >= 0.3 is 0 Å². The maximum absolute atomic E-state index is 6.04. The maximum Gasteiger partial charge on any atom is 0.144 e. The van der Waals surface area contributed by atoms with Gasteiger partial charge in [-0.2, -0.15) is 5.10 Å². The monoisotopic (exact) mass is 272 g/mol. The van der Waals surface area contributed by atoms with Crippen molar-refractivity contribution < 1.29 is 0 Å². The van der Waals surface area contributed by atoms with Gasteiger partial charge in [-0.1, -0.05) is 17.7 Å². The highest BCUT2D eigenvalue weighted by Crippen LogP contribution is 2.21. The molecule has 0 saturated heterocycles. The van der Waals surface area contributed by atoms with Gasteiger partial charge in [0.2, 0.25) is 0 Å². The Morgan fingerprint density at radius 3 is 2.63 bits per heavy atom. The zero-order chi connectivity index (χ0) is 13.2. The molecule has 0 atom stereocenters. The van der Waals surface area contributed by atoms with Crippen LogP contribution in [0.25, 0.3) is 11.5 Å². The van der Waals surface area contributed by atoms with E-state index in [9.17, 15) is 0 Å². The average Bonchev–Trinajstić information content (AvgIpc) is 3.07. The molecule has 2 N–H and O–H groups in total. The first-order valence-corrected chi connectivity index (χ1v) is 6.33. The van der Waals surface area contributed by atoms with Crippen LogP contribution >= 0.6 is 11.6 Å². The molecule has 4 nitrogen and oxygen atoms in total. The summed E-state index contributed by atoms with van der Waals surface area (Å²) in [6.45, 7) is 0.439. The zero-order valence-electron chi connectivity index (χ0n) is 10.2. The van der Waals surface area contributed by atoms with Crippen LogP contribution in [0.15, 0.2) is 55.0 Å². The summed E-state index contributed by atoms with van der Waals surface area (Å²) in [6.07, 6.45) is 5.73. The van der Waals surface area contributed by atoms with Gasteiger partial charge in [0.05, 0.1) is 11.9 Å². The molecule has 0 bridgehead atoms. The summed E-state index contributed by atoms with van der Waals surface area (Å²) < 4.78 is 3.84. The third-order valence-corrected chi connectivity index (χ3v) is 3.17. The molecule has 0 amide bonds. The summed E-state index contributed by atoms with van der Waals surface area (Å²) in [5, 5.41) is 5.09. The Hall–Kier alpha value is -2.04. The third-order valence-electron chi connectivity index (χ3n) is 2.94. The largest absolute Gasteiger partial charge is 0.326 e. The maximum atomic E-state index is 6.04. The van der Waals surface area contributed by atoms with Crippen molar-refractivity contribution in [3.63, 3.8) is 0 Å². The van der Waals surface area contributed by atoms with E-state index < -0.39 is 0 Å². The molecule has 5 heteroatoms. The Bertz CT molecular complexity index is 685. The van der Waals surface area contributed by atoms with Crippen LogP contribution in [0.2, 0.25) is 5.02 Å². The van der Waals surface area contributed by atoms with E-state index in [0.29, 0.717) is 11.6 Å². The molecule has 3 rings (SSSR count). The lowest BCUT2D eigenvalue weighted by Gasteiger charge is -2.10. The molecule has 0 saturated carbocycles. The zero-order valence-corrected chi connectivity index (χ0v) is 11.0. The lowest BCUT2D eigenvalue weighted by Crippen LogP contribution is -2.07. The number of hydrogen-bond donors (Lipinski definition) is 1. The van der Waals surface area contributed by atoms with E-state index in [-0.39, 0.29) is 0 Å². The average molecular weight is 273 g/mol. The molecule has 96 valence electrons. The smallest absolute Gasteiger partial charge is 0.144 e. The van der Waals surface area contributed by atoms with Crippen molar-refractivity contribution in [3.8, 4) is 11.5 Å². The van der Waals surface area contributed by atoms with Crippen LogP contribution in [-0.4, -0.2) is 14.3 Å². The van der Waals surface area contributed by atoms with Crippen LogP contribution in [0, 0.1) is 0 Å². The van der Waals surface area contributed by atoms with Gasteiger partial charge < -0.3 is 10.3 Å². The van der Waals surface area contributed by atoms with Gasteiger partial charge in [0.25, 0.3) is 0 Å².